The molecule has 4 nitrogen and oxygen atoms in total. The molecular weight excluding hydrogens is 324 g/mol. The van der Waals surface area contributed by atoms with Crippen LogP contribution in [-0.2, 0) is 9.59 Å². The number of ketones is 2. The van der Waals surface area contributed by atoms with Crippen LogP contribution in [0.2, 0.25) is 0 Å². The quantitative estimate of drug-likeness (QED) is 0.714. The van der Waals surface area contributed by atoms with E-state index in [0.29, 0.717) is 29.2 Å². The first-order valence-corrected chi connectivity index (χ1v) is 10.2. The van der Waals surface area contributed by atoms with Crippen LogP contribution in [0.3, 0.4) is 0 Å². The molecule has 0 spiro atoms. The predicted molar refractivity (Wildman–Crippen MR) is 98.4 cm³/mol. The van der Waals surface area contributed by atoms with E-state index in [1.165, 1.54) is 19.3 Å². The van der Waals surface area contributed by atoms with Crippen molar-refractivity contribution in [1.82, 2.24) is 9.55 Å². The molecule has 0 saturated heterocycles. The van der Waals surface area contributed by atoms with Gasteiger partial charge in [0.15, 0.2) is 11.6 Å². The molecule has 1 aromatic rings. The molecule has 3 saturated carbocycles. The lowest BCUT2D eigenvalue weighted by atomic mass is 9.47. The third kappa shape index (κ3) is 2.10. The molecule has 0 unspecified atom stereocenters. The molecule has 4 heteroatoms. The van der Waals surface area contributed by atoms with Crippen molar-refractivity contribution in [2.75, 3.05) is 0 Å². The fourth-order valence-corrected chi connectivity index (χ4v) is 7.16. The van der Waals surface area contributed by atoms with E-state index in [1.807, 2.05) is 18.6 Å². The van der Waals surface area contributed by atoms with Gasteiger partial charge in [-0.05, 0) is 74.7 Å². The van der Waals surface area contributed by atoms with E-state index in [9.17, 15) is 9.59 Å². The smallest absolute Gasteiger partial charge is 0.163 e. The Morgan fingerprint density at radius 2 is 2.04 bits per heavy atom. The minimum atomic E-state index is -0.384. The molecule has 6 atom stereocenters. The van der Waals surface area contributed by atoms with Gasteiger partial charge < -0.3 is 4.57 Å². The second kappa shape index (κ2) is 5.40. The molecule has 5 rings (SSSR count). The number of nitrogens with zero attached hydrogens (tertiary/aromatic N) is 2. The van der Waals surface area contributed by atoms with Gasteiger partial charge in [-0.3, -0.25) is 9.59 Å². The Morgan fingerprint density at radius 1 is 1.19 bits per heavy atom. The lowest BCUT2D eigenvalue weighted by Crippen LogP contribution is -2.52. The monoisotopic (exact) mass is 352 g/mol. The van der Waals surface area contributed by atoms with Crippen molar-refractivity contribution in [2.24, 2.45) is 28.6 Å². The third-order valence-electron chi connectivity index (χ3n) is 8.53. The summed E-state index contributed by atoms with van der Waals surface area (Å²) in [6.07, 6.45) is 14.7. The van der Waals surface area contributed by atoms with Gasteiger partial charge >= 0.3 is 0 Å². The van der Waals surface area contributed by atoms with E-state index >= 15 is 0 Å². The molecule has 138 valence electrons. The molecular formula is C22H28N2O2. The van der Waals surface area contributed by atoms with Crippen molar-refractivity contribution in [3.63, 3.8) is 0 Å². The number of carbonyl (C=O) groups is 2. The van der Waals surface area contributed by atoms with Gasteiger partial charge in [0.05, 0.1) is 18.2 Å². The van der Waals surface area contributed by atoms with E-state index in [2.05, 4.69) is 29.6 Å². The Labute approximate surface area is 155 Å². The lowest BCUT2D eigenvalue weighted by molar-refractivity contribution is -0.139. The first-order valence-electron chi connectivity index (χ1n) is 10.2. The molecule has 0 N–H and O–H groups in total. The normalized spacial score (nSPS) is 44.9. The van der Waals surface area contributed by atoms with Crippen LogP contribution < -0.4 is 0 Å². The molecule has 0 aliphatic heterocycles. The number of rotatable bonds is 1. The van der Waals surface area contributed by atoms with Gasteiger partial charge in [0.25, 0.3) is 0 Å². The summed E-state index contributed by atoms with van der Waals surface area (Å²) in [6, 6.07) is 0.541. The number of fused-ring (bicyclic) bond motifs is 5. The molecule has 1 heterocycles. The van der Waals surface area contributed by atoms with Crippen LogP contribution in [-0.4, -0.2) is 21.1 Å². The summed E-state index contributed by atoms with van der Waals surface area (Å²) in [4.78, 5) is 29.1. The summed E-state index contributed by atoms with van der Waals surface area (Å²) in [7, 11) is 0. The average molecular weight is 352 g/mol. The number of Topliss-reactive ketones (excluding diaryl/α,β-unsaturated/α-hetero) is 1. The molecule has 0 radical (unpaired) electrons. The Balaban J connectivity index is 1.49. The molecule has 3 fully saturated rings. The maximum Gasteiger partial charge on any atom is 0.163 e. The first kappa shape index (κ1) is 16.5. The van der Waals surface area contributed by atoms with E-state index in [4.69, 9.17) is 0 Å². The minimum Gasteiger partial charge on any atom is -0.334 e. The Kier molecular flexibility index (Phi) is 3.42. The number of aromatic nitrogens is 2. The lowest BCUT2D eigenvalue weighted by Gasteiger charge is -2.56. The summed E-state index contributed by atoms with van der Waals surface area (Å²) in [5.74, 6) is 1.91. The number of hydrogen-bond acceptors (Lipinski definition) is 3. The van der Waals surface area contributed by atoms with Crippen LogP contribution in [0.5, 0.6) is 0 Å². The van der Waals surface area contributed by atoms with Crippen molar-refractivity contribution in [1.29, 1.82) is 0 Å². The highest BCUT2D eigenvalue weighted by Gasteiger charge is 2.60. The van der Waals surface area contributed by atoms with Crippen LogP contribution in [0, 0.1) is 28.6 Å². The molecule has 4 aliphatic rings. The van der Waals surface area contributed by atoms with Crippen LogP contribution in [0.15, 0.2) is 30.4 Å². The molecule has 0 amide bonds. The van der Waals surface area contributed by atoms with Gasteiger partial charge in [-0.15, -0.1) is 0 Å². The standard InChI is InChI=1S/C22H28N2O2/c1-21-6-5-18-17(19(21)10-15(12-21)24-8-7-23-13-24)4-3-14-9-16(25)11-20(26)22(14,18)2/h7-9,13,15,17-19H,3-6,10-12H2,1-2H3/t15-,17+,18-,19-,21+,22-/m0/s1. The highest BCUT2D eigenvalue weighted by Crippen LogP contribution is 2.66. The van der Waals surface area contributed by atoms with Crippen LogP contribution >= 0.6 is 0 Å². The van der Waals surface area contributed by atoms with Crippen molar-refractivity contribution in [3.05, 3.63) is 30.4 Å². The largest absolute Gasteiger partial charge is 0.334 e. The topological polar surface area (TPSA) is 52.0 Å². The maximum atomic E-state index is 13.0. The Bertz CT molecular complexity index is 795. The van der Waals surface area contributed by atoms with Gasteiger partial charge in [-0.1, -0.05) is 12.5 Å². The fraction of sp³-hybridized carbons (Fsp3) is 0.682. The number of imidazole rings is 1. The van der Waals surface area contributed by atoms with E-state index in [-0.39, 0.29) is 23.4 Å². The Morgan fingerprint density at radius 3 is 2.81 bits per heavy atom. The molecule has 0 aromatic carbocycles. The predicted octanol–water partition coefficient (Wildman–Crippen LogP) is 4.14. The third-order valence-corrected chi connectivity index (χ3v) is 8.53. The number of carbonyl (C=O) groups excluding carboxylic acids is 2. The second-order valence-corrected chi connectivity index (χ2v) is 9.65. The molecule has 4 aliphatic carbocycles. The van der Waals surface area contributed by atoms with Crippen LogP contribution in [0.25, 0.3) is 0 Å². The molecule has 26 heavy (non-hydrogen) atoms. The minimum absolute atomic E-state index is 0.0163. The number of allylic oxidation sites excluding steroid dienone is 1. The first-order chi connectivity index (χ1) is 12.4. The van der Waals surface area contributed by atoms with Crippen molar-refractivity contribution >= 4 is 11.6 Å². The summed E-state index contributed by atoms with van der Waals surface area (Å²) < 4.78 is 2.29. The highest BCUT2D eigenvalue weighted by atomic mass is 16.1. The van der Waals surface area contributed by atoms with Gasteiger partial charge in [-0.25, -0.2) is 4.98 Å². The zero-order valence-corrected chi connectivity index (χ0v) is 15.8. The summed E-state index contributed by atoms with van der Waals surface area (Å²) in [5.41, 5.74) is 1.12. The zero-order valence-electron chi connectivity index (χ0n) is 15.8. The maximum absolute atomic E-state index is 13.0. The highest BCUT2D eigenvalue weighted by molar-refractivity contribution is 6.11. The van der Waals surface area contributed by atoms with Gasteiger partial charge in [0, 0.05) is 18.4 Å². The second-order valence-electron chi connectivity index (χ2n) is 9.65. The molecule has 1 aromatic heterocycles. The van der Waals surface area contributed by atoms with E-state index < -0.39 is 0 Å². The van der Waals surface area contributed by atoms with E-state index in [1.54, 1.807) is 0 Å². The van der Waals surface area contributed by atoms with Crippen molar-refractivity contribution in [3.8, 4) is 0 Å². The fourth-order valence-electron chi connectivity index (χ4n) is 7.16. The van der Waals surface area contributed by atoms with Crippen molar-refractivity contribution < 1.29 is 9.59 Å². The van der Waals surface area contributed by atoms with Gasteiger partial charge in [0.1, 0.15) is 0 Å². The Hall–Kier alpha value is -1.71. The summed E-state index contributed by atoms with van der Waals surface area (Å²) >= 11 is 0. The zero-order chi connectivity index (χ0) is 18.1. The van der Waals surface area contributed by atoms with Gasteiger partial charge in [-0.2, -0.15) is 0 Å². The van der Waals surface area contributed by atoms with Crippen LogP contribution in [0.4, 0.5) is 0 Å². The van der Waals surface area contributed by atoms with Gasteiger partial charge in [0.2, 0.25) is 0 Å². The summed E-state index contributed by atoms with van der Waals surface area (Å²) in [5, 5.41) is 0. The van der Waals surface area contributed by atoms with Crippen molar-refractivity contribution in [2.45, 2.75) is 64.8 Å². The average Bonchev–Trinajstić information content (AvgIpc) is 3.23. The molecule has 0 bridgehead atoms. The SMILES string of the molecule is C[C@]12CC[C@H]3[C@@H](CCC4=CC(=O)CC(=O)[C@@]43C)[C@@H]1C[C@H](n1ccnc1)C2. The summed E-state index contributed by atoms with van der Waals surface area (Å²) in [6.45, 7) is 4.63. The van der Waals surface area contributed by atoms with Crippen LogP contribution in [0.1, 0.15) is 64.8 Å². The number of hydrogen-bond donors (Lipinski definition) is 0. The van der Waals surface area contributed by atoms with E-state index in [0.717, 1.165) is 24.8 Å².